The molecule has 0 saturated heterocycles. The van der Waals surface area contributed by atoms with Gasteiger partial charge in [-0.2, -0.15) is 0 Å². The number of aryl methyl sites for hydroxylation is 1. The fraction of sp³-hybridized carbons (Fsp3) is 0.389. The maximum atomic E-state index is 12.2. The van der Waals surface area contributed by atoms with E-state index in [0.29, 0.717) is 6.54 Å². The lowest BCUT2D eigenvalue weighted by Gasteiger charge is -2.26. The van der Waals surface area contributed by atoms with Crippen LogP contribution in [0.5, 0.6) is 0 Å². The molecule has 0 aliphatic heterocycles. The smallest absolute Gasteiger partial charge is 0.234 e. The van der Waals surface area contributed by atoms with E-state index in [1.807, 2.05) is 25.1 Å². The van der Waals surface area contributed by atoms with Gasteiger partial charge in [-0.15, -0.1) is 0 Å². The maximum absolute atomic E-state index is 12.2. The number of nitrogens with one attached hydrogen (secondary N) is 2. The molecule has 0 unspecified atom stereocenters. The molecule has 0 bridgehead atoms. The average Bonchev–Trinajstić information content (AvgIpc) is 3.07. The Morgan fingerprint density at radius 3 is 3.00 bits per heavy atom. The Morgan fingerprint density at radius 1 is 1.32 bits per heavy atom. The third-order valence-corrected chi connectivity index (χ3v) is 4.24. The van der Waals surface area contributed by atoms with Gasteiger partial charge >= 0.3 is 0 Å². The number of carbonyl (C=O) groups excluding carboxylic acids is 1. The first-order chi connectivity index (χ1) is 10.7. The zero-order valence-electron chi connectivity index (χ0n) is 12.8. The molecule has 1 heterocycles. The van der Waals surface area contributed by atoms with Crippen LogP contribution in [0.1, 0.15) is 48.7 Å². The van der Waals surface area contributed by atoms with Crippen LogP contribution in [0.4, 0.5) is 0 Å². The highest BCUT2D eigenvalue weighted by atomic mass is 16.3. The molecule has 1 amide bonds. The maximum Gasteiger partial charge on any atom is 0.234 e. The van der Waals surface area contributed by atoms with Crippen LogP contribution < -0.4 is 10.6 Å². The van der Waals surface area contributed by atoms with Crippen LogP contribution in [-0.2, 0) is 11.2 Å². The van der Waals surface area contributed by atoms with E-state index in [9.17, 15) is 4.79 Å². The molecular formula is C18H22N2O2. The Labute approximate surface area is 130 Å². The quantitative estimate of drug-likeness (QED) is 0.891. The van der Waals surface area contributed by atoms with Gasteiger partial charge in [-0.05, 0) is 49.4 Å². The molecule has 2 atom stereocenters. The molecule has 1 aromatic heterocycles. The normalized spacial score (nSPS) is 18.5. The van der Waals surface area contributed by atoms with E-state index in [0.717, 1.165) is 25.0 Å². The first-order valence-electron chi connectivity index (χ1n) is 7.88. The average molecular weight is 298 g/mol. The summed E-state index contributed by atoms with van der Waals surface area (Å²) in [6.07, 6.45) is 4.89. The summed E-state index contributed by atoms with van der Waals surface area (Å²) in [5.41, 5.74) is 2.62. The highest BCUT2D eigenvalue weighted by Crippen LogP contribution is 2.29. The summed E-state index contributed by atoms with van der Waals surface area (Å²) in [5, 5.41) is 6.34. The Morgan fingerprint density at radius 2 is 2.18 bits per heavy atom. The molecule has 0 spiro atoms. The molecule has 1 aliphatic rings. The monoisotopic (exact) mass is 298 g/mol. The second kappa shape index (κ2) is 6.79. The summed E-state index contributed by atoms with van der Waals surface area (Å²) in [4.78, 5) is 12.2. The molecule has 2 N–H and O–H groups in total. The van der Waals surface area contributed by atoms with Gasteiger partial charge in [0.25, 0.3) is 0 Å². The summed E-state index contributed by atoms with van der Waals surface area (Å²) in [5.74, 6) is 0.871. The van der Waals surface area contributed by atoms with Crippen LogP contribution >= 0.6 is 0 Å². The van der Waals surface area contributed by atoms with Gasteiger partial charge in [0, 0.05) is 0 Å². The van der Waals surface area contributed by atoms with E-state index in [-0.39, 0.29) is 18.0 Å². The lowest BCUT2D eigenvalue weighted by atomic mass is 9.88. The number of rotatable bonds is 5. The molecular weight excluding hydrogens is 276 g/mol. The number of amides is 1. The van der Waals surface area contributed by atoms with Crippen molar-refractivity contribution in [1.29, 1.82) is 0 Å². The minimum Gasteiger partial charge on any atom is -0.468 e. The Kier molecular flexibility index (Phi) is 4.59. The summed E-state index contributed by atoms with van der Waals surface area (Å²) in [6.45, 7) is 2.28. The standard InChI is InChI=1S/C18H22N2O2/c1-13(17-10-5-11-22-17)19-12-18(21)20-16-9-4-7-14-6-2-3-8-15(14)16/h2-3,5-6,8,10-11,13,16,19H,4,7,9,12H2,1H3,(H,20,21)/t13-,16+/m0/s1. The molecule has 0 radical (unpaired) electrons. The van der Waals surface area contributed by atoms with Gasteiger partial charge in [0.15, 0.2) is 0 Å². The molecule has 22 heavy (non-hydrogen) atoms. The summed E-state index contributed by atoms with van der Waals surface area (Å²) >= 11 is 0. The number of fused-ring (bicyclic) bond motifs is 1. The van der Waals surface area contributed by atoms with Crippen LogP contribution in [0.3, 0.4) is 0 Å². The lowest BCUT2D eigenvalue weighted by molar-refractivity contribution is -0.121. The zero-order chi connectivity index (χ0) is 15.4. The molecule has 2 aromatic rings. The minimum atomic E-state index is 0.0272. The van der Waals surface area contributed by atoms with Crippen molar-refractivity contribution in [2.45, 2.75) is 38.3 Å². The molecule has 116 valence electrons. The fourth-order valence-electron chi connectivity index (χ4n) is 3.03. The van der Waals surface area contributed by atoms with Gasteiger partial charge in [0.2, 0.25) is 5.91 Å². The summed E-state index contributed by atoms with van der Waals surface area (Å²) < 4.78 is 5.33. The highest BCUT2D eigenvalue weighted by molar-refractivity contribution is 5.78. The molecule has 1 aromatic carbocycles. The Bertz CT molecular complexity index is 622. The van der Waals surface area contributed by atoms with Crippen LogP contribution in [0.2, 0.25) is 0 Å². The zero-order valence-corrected chi connectivity index (χ0v) is 12.8. The topological polar surface area (TPSA) is 54.3 Å². The molecule has 1 aliphatic carbocycles. The summed E-state index contributed by atoms with van der Waals surface area (Å²) in [6, 6.07) is 12.3. The highest BCUT2D eigenvalue weighted by Gasteiger charge is 2.21. The van der Waals surface area contributed by atoms with Gasteiger partial charge in [-0.3, -0.25) is 10.1 Å². The van der Waals surface area contributed by atoms with Gasteiger partial charge < -0.3 is 9.73 Å². The second-order valence-electron chi connectivity index (χ2n) is 5.83. The molecule has 4 heteroatoms. The van der Waals surface area contributed by atoms with Crippen molar-refractivity contribution < 1.29 is 9.21 Å². The predicted octanol–water partition coefficient (Wildman–Crippen LogP) is 3.12. The van der Waals surface area contributed by atoms with E-state index >= 15 is 0 Å². The first kappa shape index (κ1) is 14.9. The minimum absolute atomic E-state index is 0.0272. The second-order valence-corrected chi connectivity index (χ2v) is 5.83. The predicted molar refractivity (Wildman–Crippen MR) is 85.4 cm³/mol. The van der Waals surface area contributed by atoms with Gasteiger partial charge in [-0.25, -0.2) is 0 Å². The van der Waals surface area contributed by atoms with Crippen LogP contribution in [0.15, 0.2) is 47.1 Å². The van der Waals surface area contributed by atoms with Crippen molar-refractivity contribution in [2.24, 2.45) is 0 Å². The Hall–Kier alpha value is -2.07. The number of hydrogen-bond donors (Lipinski definition) is 2. The van der Waals surface area contributed by atoms with Gasteiger partial charge in [-0.1, -0.05) is 24.3 Å². The van der Waals surface area contributed by atoms with Crippen molar-refractivity contribution in [3.8, 4) is 0 Å². The van der Waals surface area contributed by atoms with E-state index < -0.39 is 0 Å². The number of furan rings is 1. The first-order valence-corrected chi connectivity index (χ1v) is 7.88. The molecule has 0 saturated carbocycles. The van der Waals surface area contributed by atoms with Crippen LogP contribution in [-0.4, -0.2) is 12.5 Å². The van der Waals surface area contributed by atoms with Crippen molar-refractivity contribution in [2.75, 3.05) is 6.54 Å². The molecule has 0 fully saturated rings. The van der Waals surface area contributed by atoms with Crippen molar-refractivity contribution in [3.05, 3.63) is 59.5 Å². The van der Waals surface area contributed by atoms with Crippen molar-refractivity contribution in [1.82, 2.24) is 10.6 Å². The SMILES string of the molecule is C[C@H](NCC(=O)N[C@@H]1CCCc2ccccc21)c1ccco1. The van der Waals surface area contributed by atoms with E-state index in [1.54, 1.807) is 6.26 Å². The van der Waals surface area contributed by atoms with Gasteiger partial charge in [0.1, 0.15) is 5.76 Å². The van der Waals surface area contributed by atoms with E-state index in [1.165, 1.54) is 11.1 Å². The van der Waals surface area contributed by atoms with E-state index in [4.69, 9.17) is 4.42 Å². The number of benzene rings is 1. The number of carbonyl (C=O) groups is 1. The molecule has 4 nitrogen and oxygen atoms in total. The molecule has 3 rings (SSSR count). The van der Waals surface area contributed by atoms with Crippen LogP contribution in [0, 0.1) is 0 Å². The third kappa shape index (κ3) is 3.39. The van der Waals surface area contributed by atoms with Crippen LogP contribution in [0.25, 0.3) is 0 Å². The van der Waals surface area contributed by atoms with Gasteiger partial charge in [0.05, 0.1) is 24.9 Å². The lowest BCUT2D eigenvalue weighted by Crippen LogP contribution is -2.38. The third-order valence-electron chi connectivity index (χ3n) is 4.24. The van der Waals surface area contributed by atoms with Crippen molar-refractivity contribution >= 4 is 5.91 Å². The van der Waals surface area contributed by atoms with E-state index in [2.05, 4.69) is 28.8 Å². The fourth-order valence-corrected chi connectivity index (χ4v) is 3.03. The number of hydrogen-bond acceptors (Lipinski definition) is 3. The van der Waals surface area contributed by atoms with Crippen molar-refractivity contribution in [3.63, 3.8) is 0 Å². The summed E-state index contributed by atoms with van der Waals surface area (Å²) in [7, 11) is 0. The Balaban J connectivity index is 1.54. The largest absolute Gasteiger partial charge is 0.468 e.